The fourth-order valence-electron chi connectivity index (χ4n) is 2.20. The van der Waals surface area contributed by atoms with Crippen molar-refractivity contribution in [3.63, 3.8) is 0 Å². The Hall–Kier alpha value is -2.13. The number of benzene rings is 2. The van der Waals surface area contributed by atoms with Gasteiger partial charge < -0.3 is 4.74 Å². The molecule has 136 valence electrons. The van der Waals surface area contributed by atoms with Crippen molar-refractivity contribution in [3.05, 3.63) is 52.0 Å². The van der Waals surface area contributed by atoms with Gasteiger partial charge in [-0.2, -0.15) is 18.4 Å². The molecule has 0 saturated heterocycles. The lowest BCUT2D eigenvalue weighted by atomic mass is 10.1. The van der Waals surface area contributed by atoms with Crippen molar-refractivity contribution in [3.8, 4) is 17.6 Å². The summed E-state index contributed by atoms with van der Waals surface area (Å²) in [5.41, 5.74) is -0.106. The molecule has 2 aromatic rings. The van der Waals surface area contributed by atoms with Crippen LogP contribution in [0.2, 0.25) is 5.02 Å². The summed E-state index contributed by atoms with van der Waals surface area (Å²) >= 11 is 5.91. The van der Waals surface area contributed by atoms with E-state index in [2.05, 4.69) is 0 Å². The number of nitrogens with zero attached hydrogens (tertiary/aromatic N) is 1. The molecule has 0 amide bonds. The molecule has 0 radical (unpaired) electrons. The van der Waals surface area contributed by atoms with Crippen molar-refractivity contribution in [2.75, 3.05) is 7.11 Å². The van der Waals surface area contributed by atoms with Gasteiger partial charge in [0.25, 0.3) is 0 Å². The highest BCUT2D eigenvalue weighted by molar-refractivity contribution is 7.48. The van der Waals surface area contributed by atoms with Gasteiger partial charge in [0, 0.05) is 6.07 Å². The fourth-order valence-corrected chi connectivity index (χ4v) is 3.15. The van der Waals surface area contributed by atoms with Crippen molar-refractivity contribution in [1.82, 2.24) is 0 Å². The molecule has 0 fully saturated rings. The van der Waals surface area contributed by atoms with E-state index in [1.807, 2.05) is 13.0 Å². The van der Waals surface area contributed by atoms with Gasteiger partial charge in [-0.1, -0.05) is 18.5 Å². The van der Waals surface area contributed by atoms with E-state index in [0.717, 1.165) is 18.2 Å². The van der Waals surface area contributed by atoms with E-state index in [0.29, 0.717) is 12.0 Å². The standard InChI is InChI=1S/C17H13ClF3NO3P/c1-3-10-6-11(9-22)16(26(23)24-2)8-15(10)25-14-5-4-12(7-13(14)18)17(19,20)21/h4-8H,3H2,1-2H3/q+1. The van der Waals surface area contributed by atoms with E-state index in [1.54, 1.807) is 0 Å². The van der Waals surface area contributed by atoms with Crippen molar-refractivity contribution in [2.24, 2.45) is 0 Å². The molecule has 0 saturated carbocycles. The third-order valence-electron chi connectivity index (χ3n) is 3.52. The van der Waals surface area contributed by atoms with Crippen LogP contribution in [0.1, 0.15) is 23.6 Å². The quantitative estimate of drug-likeness (QED) is 0.611. The molecular weight excluding hydrogens is 390 g/mol. The first-order chi connectivity index (χ1) is 12.2. The summed E-state index contributed by atoms with van der Waals surface area (Å²) in [6.45, 7) is 1.81. The van der Waals surface area contributed by atoms with Crippen LogP contribution in [0, 0.1) is 11.3 Å². The Morgan fingerprint density at radius 2 is 1.92 bits per heavy atom. The molecule has 0 aliphatic rings. The second-order valence-electron chi connectivity index (χ2n) is 5.13. The van der Waals surface area contributed by atoms with Crippen LogP contribution < -0.4 is 10.0 Å². The number of hydrogen-bond donors (Lipinski definition) is 0. The van der Waals surface area contributed by atoms with E-state index in [1.165, 1.54) is 19.2 Å². The lowest BCUT2D eigenvalue weighted by Crippen LogP contribution is -2.07. The normalized spacial score (nSPS) is 11.8. The summed E-state index contributed by atoms with van der Waals surface area (Å²) in [5, 5.41) is 9.13. The molecule has 0 bridgehead atoms. The van der Waals surface area contributed by atoms with Crippen molar-refractivity contribution >= 4 is 24.9 Å². The topological polar surface area (TPSA) is 59.3 Å². The lowest BCUT2D eigenvalue weighted by Gasteiger charge is -2.13. The summed E-state index contributed by atoms with van der Waals surface area (Å²) in [6, 6.07) is 7.56. The molecule has 1 unspecified atom stereocenters. The molecule has 26 heavy (non-hydrogen) atoms. The molecule has 0 aromatic heterocycles. The van der Waals surface area contributed by atoms with Gasteiger partial charge in [-0.05, 0) is 40.8 Å². The number of rotatable bonds is 5. The summed E-state index contributed by atoms with van der Waals surface area (Å²) in [4.78, 5) is 0. The van der Waals surface area contributed by atoms with Crippen LogP contribution in [0.4, 0.5) is 13.2 Å². The first-order valence-electron chi connectivity index (χ1n) is 7.34. The SMILES string of the molecule is CCc1cc(C#N)c([P+](=O)OC)cc1Oc1ccc(C(F)(F)F)cc1Cl. The molecule has 0 spiro atoms. The molecule has 1 atom stereocenters. The number of nitriles is 1. The first-order valence-corrected chi connectivity index (χ1v) is 8.89. The third-order valence-corrected chi connectivity index (χ3v) is 4.91. The highest BCUT2D eigenvalue weighted by Gasteiger charge is 2.31. The summed E-state index contributed by atoms with van der Waals surface area (Å²) < 4.78 is 60.6. The lowest BCUT2D eigenvalue weighted by molar-refractivity contribution is -0.137. The number of halogens is 4. The first kappa shape index (κ1) is 20.2. The highest BCUT2D eigenvalue weighted by atomic mass is 35.5. The zero-order valence-corrected chi connectivity index (χ0v) is 15.4. The Kier molecular flexibility index (Phi) is 6.25. The molecule has 0 N–H and O–H groups in total. The van der Waals surface area contributed by atoms with Gasteiger partial charge in [-0.3, -0.25) is 0 Å². The van der Waals surface area contributed by atoms with Gasteiger partial charge >= 0.3 is 14.2 Å². The number of alkyl halides is 3. The van der Waals surface area contributed by atoms with Crippen molar-refractivity contribution in [1.29, 1.82) is 5.26 Å². The molecular formula is C17H13ClF3NO3P+. The monoisotopic (exact) mass is 402 g/mol. The maximum atomic E-state index is 12.7. The largest absolute Gasteiger partial charge is 0.550 e. The third kappa shape index (κ3) is 4.34. The molecule has 9 heteroatoms. The predicted molar refractivity (Wildman–Crippen MR) is 91.3 cm³/mol. The minimum Gasteiger partial charge on any atom is -0.455 e. The Balaban J connectivity index is 2.49. The Bertz CT molecular complexity index is 894. The van der Waals surface area contributed by atoms with Crippen molar-refractivity contribution < 1.29 is 27.0 Å². The van der Waals surface area contributed by atoms with E-state index in [9.17, 15) is 23.0 Å². The maximum absolute atomic E-state index is 12.7. The molecule has 4 nitrogen and oxygen atoms in total. The van der Waals surface area contributed by atoms with E-state index < -0.39 is 19.8 Å². The van der Waals surface area contributed by atoms with Crippen LogP contribution in [0.5, 0.6) is 11.5 Å². The zero-order chi connectivity index (χ0) is 19.5. The summed E-state index contributed by atoms with van der Waals surface area (Å²) in [5.74, 6) is 0.251. The van der Waals surface area contributed by atoms with Gasteiger partial charge in [0.15, 0.2) is 0 Å². The number of ether oxygens (including phenoxy) is 1. The predicted octanol–water partition coefficient (Wildman–Crippen LogP) is 5.60. The van der Waals surface area contributed by atoms with Gasteiger partial charge in [-0.25, -0.2) is 0 Å². The van der Waals surface area contributed by atoms with Crippen LogP contribution in [-0.4, -0.2) is 7.11 Å². The Morgan fingerprint density at radius 1 is 1.23 bits per heavy atom. The molecule has 0 heterocycles. The second-order valence-corrected chi connectivity index (χ2v) is 6.90. The zero-order valence-electron chi connectivity index (χ0n) is 13.7. The average molecular weight is 403 g/mol. The van der Waals surface area contributed by atoms with Gasteiger partial charge in [-0.15, -0.1) is 4.52 Å². The molecule has 2 aromatic carbocycles. The summed E-state index contributed by atoms with van der Waals surface area (Å²) in [7, 11) is -1.03. The van der Waals surface area contributed by atoms with Crippen LogP contribution in [0.3, 0.4) is 0 Å². The van der Waals surface area contributed by atoms with Crippen LogP contribution >= 0.6 is 19.6 Å². The minimum absolute atomic E-state index is 0.0117. The molecule has 2 rings (SSSR count). The maximum Gasteiger partial charge on any atom is 0.550 e. The molecule has 0 aliphatic heterocycles. The number of aryl methyl sites for hydroxylation is 1. The van der Waals surface area contributed by atoms with Gasteiger partial charge in [0.1, 0.15) is 23.1 Å². The van der Waals surface area contributed by atoms with Crippen LogP contribution in [-0.2, 0) is 21.7 Å². The Morgan fingerprint density at radius 3 is 2.42 bits per heavy atom. The highest BCUT2D eigenvalue weighted by Crippen LogP contribution is 2.38. The smallest absolute Gasteiger partial charge is 0.455 e. The number of hydrogen-bond acceptors (Lipinski definition) is 4. The van der Waals surface area contributed by atoms with E-state index in [-0.39, 0.29) is 27.4 Å². The minimum atomic E-state index is -4.52. The van der Waals surface area contributed by atoms with E-state index in [4.69, 9.17) is 20.9 Å². The van der Waals surface area contributed by atoms with Crippen LogP contribution in [0.15, 0.2) is 30.3 Å². The fraction of sp³-hybridized carbons (Fsp3) is 0.235. The average Bonchev–Trinajstić information content (AvgIpc) is 2.61. The van der Waals surface area contributed by atoms with Crippen molar-refractivity contribution in [2.45, 2.75) is 19.5 Å². The summed E-state index contributed by atoms with van der Waals surface area (Å²) in [6.07, 6.45) is -4.04. The van der Waals surface area contributed by atoms with Crippen LogP contribution in [0.25, 0.3) is 0 Å². The van der Waals surface area contributed by atoms with Gasteiger partial charge in [0.05, 0.1) is 17.7 Å². The Labute approximate surface area is 154 Å². The van der Waals surface area contributed by atoms with Gasteiger partial charge in [0.2, 0.25) is 5.30 Å². The molecule has 0 aliphatic carbocycles. The van der Waals surface area contributed by atoms with E-state index >= 15 is 0 Å². The second kappa shape index (κ2) is 8.05.